The van der Waals surface area contributed by atoms with Crippen LogP contribution in [0.2, 0.25) is 0 Å². The third kappa shape index (κ3) is 4.03. The first kappa shape index (κ1) is 14.6. The second kappa shape index (κ2) is 6.44. The molecule has 0 saturated heterocycles. The lowest BCUT2D eigenvalue weighted by molar-refractivity contribution is -0.139. The maximum Gasteiger partial charge on any atom is 0.327 e. The number of nitrogens with zero attached hydrogens (tertiary/aromatic N) is 2. The number of hydrogen-bond acceptors (Lipinski definition) is 3. The molecule has 1 heterocycles. The number of hydrogen-bond donors (Lipinski definition) is 3. The van der Waals surface area contributed by atoms with Gasteiger partial charge in [0.1, 0.15) is 6.04 Å². The van der Waals surface area contributed by atoms with Crippen LogP contribution in [-0.2, 0) is 18.3 Å². The van der Waals surface area contributed by atoms with Crippen molar-refractivity contribution in [3.63, 3.8) is 0 Å². The Balaban J connectivity index is 2.69. The number of anilines is 1. The third-order valence-electron chi connectivity index (χ3n) is 2.41. The minimum atomic E-state index is -1.17. The highest BCUT2D eigenvalue weighted by Gasteiger charge is 2.19. The van der Waals surface area contributed by atoms with Gasteiger partial charge in [0, 0.05) is 19.7 Å². The van der Waals surface area contributed by atoms with Crippen molar-refractivity contribution < 1.29 is 14.7 Å². The van der Waals surface area contributed by atoms with E-state index in [9.17, 15) is 9.59 Å². The molecule has 1 atom stereocenters. The lowest BCUT2D eigenvalue weighted by Crippen LogP contribution is -2.42. The fourth-order valence-electron chi connectivity index (χ4n) is 1.53. The van der Waals surface area contributed by atoms with Crippen LogP contribution in [0.15, 0.2) is 6.20 Å². The Morgan fingerprint density at radius 2 is 2.32 bits per heavy atom. The van der Waals surface area contributed by atoms with E-state index in [0.717, 1.165) is 5.69 Å². The Kier molecular flexibility index (Phi) is 4.94. The molecular formula is C12H16N4O3. The van der Waals surface area contributed by atoms with Gasteiger partial charge in [0.05, 0.1) is 11.4 Å². The van der Waals surface area contributed by atoms with E-state index in [1.807, 2.05) is 6.92 Å². The molecule has 19 heavy (non-hydrogen) atoms. The van der Waals surface area contributed by atoms with E-state index >= 15 is 0 Å². The second-order valence-electron chi connectivity index (χ2n) is 3.91. The number of nitrogens with one attached hydrogen (secondary N) is 2. The van der Waals surface area contributed by atoms with Gasteiger partial charge < -0.3 is 15.7 Å². The van der Waals surface area contributed by atoms with Gasteiger partial charge in [0.2, 0.25) is 0 Å². The highest BCUT2D eigenvalue weighted by atomic mass is 16.4. The molecule has 1 rings (SSSR count). The van der Waals surface area contributed by atoms with Crippen molar-refractivity contribution in [2.24, 2.45) is 7.05 Å². The van der Waals surface area contributed by atoms with Crippen molar-refractivity contribution in [1.29, 1.82) is 0 Å². The van der Waals surface area contributed by atoms with Crippen LogP contribution in [0, 0.1) is 12.3 Å². The lowest BCUT2D eigenvalue weighted by atomic mass is 10.2. The summed E-state index contributed by atoms with van der Waals surface area (Å²) in [6.07, 6.45) is 7.28. The molecule has 0 aliphatic rings. The van der Waals surface area contributed by atoms with Gasteiger partial charge in [-0.2, -0.15) is 5.10 Å². The number of carbonyl (C=O) groups excluding carboxylic acids is 1. The quantitative estimate of drug-likeness (QED) is 0.678. The predicted molar refractivity (Wildman–Crippen MR) is 69.6 cm³/mol. The molecule has 0 aromatic carbocycles. The molecule has 1 aromatic rings. The van der Waals surface area contributed by atoms with Gasteiger partial charge in [-0.1, -0.05) is 6.92 Å². The molecule has 0 bridgehead atoms. The Bertz CT molecular complexity index is 516. The number of rotatable bonds is 5. The van der Waals surface area contributed by atoms with Crippen LogP contribution in [0.4, 0.5) is 10.5 Å². The SMILES string of the molecule is C#CCC(NC(=O)Nc1cn(C)nc1CC)C(=O)O. The zero-order valence-electron chi connectivity index (χ0n) is 10.8. The average molecular weight is 264 g/mol. The first-order chi connectivity index (χ1) is 8.97. The average Bonchev–Trinajstić information content (AvgIpc) is 2.68. The summed E-state index contributed by atoms with van der Waals surface area (Å²) in [5, 5.41) is 17.9. The number of amides is 2. The van der Waals surface area contributed by atoms with Crippen LogP contribution >= 0.6 is 0 Å². The molecule has 7 nitrogen and oxygen atoms in total. The van der Waals surface area contributed by atoms with E-state index in [1.54, 1.807) is 17.9 Å². The smallest absolute Gasteiger partial charge is 0.327 e. The Hall–Kier alpha value is -2.49. The fourth-order valence-corrected chi connectivity index (χ4v) is 1.53. The minimum Gasteiger partial charge on any atom is -0.480 e. The molecule has 0 spiro atoms. The molecule has 0 fully saturated rings. The Morgan fingerprint density at radius 1 is 1.63 bits per heavy atom. The van der Waals surface area contributed by atoms with E-state index in [4.69, 9.17) is 11.5 Å². The van der Waals surface area contributed by atoms with Crippen molar-refractivity contribution in [3.05, 3.63) is 11.9 Å². The largest absolute Gasteiger partial charge is 0.480 e. The number of carboxylic acids is 1. The highest BCUT2D eigenvalue weighted by Crippen LogP contribution is 2.13. The third-order valence-corrected chi connectivity index (χ3v) is 2.41. The zero-order chi connectivity index (χ0) is 14.4. The number of urea groups is 1. The molecule has 0 aliphatic carbocycles. The highest BCUT2D eigenvalue weighted by molar-refractivity contribution is 5.92. The molecule has 0 saturated carbocycles. The summed E-state index contributed by atoms with van der Waals surface area (Å²) in [6, 6.07) is -1.72. The summed E-state index contributed by atoms with van der Waals surface area (Å²) in [5.41, 5.74) is 1.27. The summed E-state index contributed by atoms with van der Waals surface area (Å²) >= 11 is 0. The maximum atomic E-state index is 11.7. The van der Waals surface area contributed by atoms with E-state index in [1.165, 1.54) is 0 Å². The van der Waals surface area contributed by atoms with Gasteiger partial charge in [-0.25, -0.2) is 9.59 Å². The monoisotopic (exact) mass is 264 g/mol. The van der Waals surface area contributed by atoms with Crippen LogP contribution in [-0.4, -0.2) is 32.9 Å². The molecule has 7 heteroatoms. The summed E-state index contributed by atoms with van der Waals surface area (Å²) in [4.78, 5) is 22.5. The van der Waals surface area contributed by atoms with Crippen molar-refractivity contribution in [3.8, 4) is 12.3 Å². The summed E-state index contributed by atoms with van der Waals surface area (Å²) in [5.74, 6) is 1.03. The second-order valence-corrected chi connectivity index (χ2v) is 3.91. The number of aliphatic carboxylic acids is 1. The molecule has 2 amide bonds. The van der Waals surface area contributed by atoms with Gasteiger partial charge in [-0.3, -0.25) is 4.68 Å². The van der Waals surface area contributed by atoms with E-state index < -0.39 is 18.0 Å². The normalized spacial score (nSPS) is 11.4. The number of carboxylic acid groups (broad SMARTS) is 1. The number of aromatic nitrogens is 2. The van der Waals surface area contributed by atoms with Gasteiger partial charge in [0.15, 0.2) is 0 Å². The molecule has 0 aliphatic heterocycles. The van der Waals surface area contributed by atoms with Crippen LogP contribution in [0.25, 0.3) is 0 Å². The van der Waals surface area contributed by atoms with Crippen LogP contribution in [0.5, 0.6) is 0 Å². The van der Waals surface area contributed by atoms with Gasteiger partial charge in [-0.15, -0.1) is 12.3 Å². The number of carbonyl (C=O) groups is 2. The van der Waals surface area contributed by atoms with Crippen molar-refractivity contribution in [1.82, 2.24) is 15.1 Å². The minimum absolute atomic E-state index is 0.0730. The van der Waals surface area contributed by atoms with E-state index in [0.29, 0.717) is 12.1 Å². The van der Waals surface area contributed by atoms with Crippen LogP contribution < -0.4 is 10.6 Å². The van der Waals surface area contributed by atoms with E-state index in [-0.39, 0.29) is 6.42 Å². The molecule has 102 valence electrons. The van der Waals surface area contributed by atoms with Crippen LogP contribution in [0.1, 0.15) is 19.0 Å². The summed E-state index contributed by atoms with van der Waals surface area (Å²) in [6.45, 7) is 1.91. The fraction of sp³-hybridized carbons (Fsp3) is 0.417. The molecular weight excluding hydrogens is 248 g/mol. The number of aryl methyl sites for hydroxylation is 2. The Morgan fingerprint density at radius 3 is 2.84 bits per heavy atom. The predicted octanol–water partition coefficient (Wildman–Crippen LogP) is 0.580. The molecule has 1 aromatic heterocycles. The molecule has 0 radical (unpaired) electrons. The van der Waals surface area contributed by atoms with Gasteiger partial charge >= 0.3 is 12.0 Å². The standard InChI is InChI=1S/C12H16N4O3/c1-4-6-9(11(17)18)13-12(19)14-10-7-16(3)15-8(10)5-2/h1,7,9H,5-6H2,2-3H3,(H,17,18)(H2,13,14,19). The van der Waals surface area contributed by atoms with Gasteiger partial charge in [0.25, 0.3) is 0 Å². The molecule has 3 N–H and O–H groups in total. The maximum absolute atomic E-state index is 11.7. The topological polar surface area (TPSA) is 96.3 Å². The van der Waals surface area contributed by atoms with Crippen molar-refractivity contribution in [2.75, 3.05) is 5.32 Å². The summed E-state index contributed by atoms with van der Waals surface area (Å²) in [7, 11) is 1.74. The first-order valence-electron chi connectivity index (χ1n) is 5.74. The molecule has 1 unspecified atom stereocenters. The number of terminal acetylenes is 1. The Labute approximate surface area is 111 Å². The van der Waals surface area contributed by atoms with Crippen molar-refractivity contribution >= 4 is 17.7 Å². The van der Waals surface area contributed by atoms with E-state index in [2.05, 4.69) is 21.7 Å². The first-order valence-corrected chi connectivity index (χ1v) is 5.74. The summed E-state index contributed by atoms with van der Waals surface area (Å²) < 4.78 is 1.57. The van der Waals surface area contributed by atoms with Gasteiger partial charge in [-0.05, 0) is 6.42 Å². The van der Waals surface area contributed by atoms with Crippen molar-refractivity contribution in [2.45, 2.75) is 25.8 Å². The van der Waals surface area contributed by atoms with Crippen LogP contribution in [0.3, 0.4) is 0 Å². The lowest BCUT2D eigenvalue weighted by Gasteiger charge is -2.12. The zero-order valence-corrected chi connectivity index (χ0v) is 10.8.